The highest BCUT2D eigenvalue weighted by Gasteiger charge is 2.44. The van der Waals surface area contributed by atoms with Gasteiger partial charge in [0, 0.05) is 6.54 Å². The molecule has 0 saturated heterocycles. The van der Waals surface area contributed by atoms with Crippen LogP contribution in [0.25, 0.3) is 0 Å². The molecule has 0 aromatic heterocycles. The van der Waals surface area contributed by atoms with Crippen molar-refractivity contribution in [2.45, 2.75) is 25.6 Å². The Morgan fingerprint density at radius 2 is 1.88 bits per heavy atom. The van der Waals surface area contributed by atoms with Gasteiger partial charge in [-0.1, -0.05) is 25.1 Å². The Kier molecular flexibility index (Phi) is 5.38. The van der Waals surface area contributed by atoms with Crippen LogP contribution in [0, 0.1) is 11.3 Å². The van der Waals surface area contributed by atoms with Gasteiger partial charge in [0.25, 0.3) is 5.91 Å². The molecule has 0 aliphatic carbocycles. The number of anilines is 1. The molecule has 4 rings (SSSR count). The quantitative estimate of drug-likeness (QED) is 0.768. The summed E-state index contributed by atoms with van der Waals surface area (Å²) in [5, 5.41) is 11.8. The molecule has 1 atom stereocenters. The van der Waals surface area contributed by atoms with Gasteiger partial charge in [-0.25, -0.2) is 4.79 Å². The van der Waals surface area contributed by atoms with Crippen molar-refractivity contribution in [2.75, 3.05) is 18.0 Å². The number of carbonyl (C=O) groups excluding carboxylic acids is 2. The fourth-order valence-corrected chi connectivity index (χ4v) is 4.04. The largest absolute Gasteiger partial charge is 0.416 e. The monoisotopic (exact) mass is 440 g/mol. The summed E-state index contributed by atoms with van der Waals surface area (Å²) < 4.78 is 39.8. The first kappa shape index (κ1) is 21.4. The van der Waals surface area contributed by atoms with Crippen molar-refractivity contribution in [1.82, 2.24) is 10.2 Å². The molecular weight excluding hydrogens is 421 g/mol. The molecule has 2 aliphatic heterocycles. The van der Waals surface area contributed by atoms with E-state index < -0.39 is 23.8 Å². The molecule has 0 unspecified atom stereocenters. The number of rotatable bonds is 4. The van der Waals surface area contributed by atoms with Gasteiger partial charge in [-0.05, 0) is 42.3 Å². The van der Waals surface area contributed by atoms with E-state index in [-0.39, 0.29) is 18.1 Å². The number of carbonyl (C=O) groups is 2. The van der Waals surface area contributed by atoms with Crippen molar-refractivity contribution in [3.63, 3.8) is 0 Å². The molecule has 9 heteroatoms. The Morgan fingerprint density at radius 3 is 2.50 bits per heavy atom. The van der Waals surface area contributed by atoms with E-state index in [0.717, 1.165) is 17.0 Å². The molecule has 2 aromatic carbocycles. The smallest absolute Gasteiger partial charge is 0.333 e. The number of alkyl halides is 3. The molecule has 0 bridgehead atoms. The molecule has 2 aliphatic rings. The van der Waals surface area contributed by atoms with Gasteiger partial charge in [0.15, 0.2) is 0 Å². The summed E-state index contributed by atoms with van der Waals surface area (Å²) in [5.41, 5.74) is 0.880. The van der Waals surface area contributed by atoms with Crippen LogP contribution in [0.3, 0.4) is 0 Å². The molecule has 0 radical (unpaired) electrons. The summed E-state index contributed by atoms with van der Waals surface area (Å²) in [7, 11) is 0. The summed E-state index contributed by atoms with van der Waals surface area (Å²) in [4.78, 5) is 29.0. The van der Waals surface area contributed by atoms with Gasteiger partial charge >= 0.3 is 12.2 Å². The molecule has 3 amide bonds. The fraction of sp³-hybridized carbons (Fsp3) is 0.261. The average molecular weight is 440 g/mol. The van der Waals surface area contributed by atoms with Crippen molar-refractivity contribution in [2.24, 2.45) is 0 Å². The van der Waals surface area contributed by atoms with Crippen LogP contribution in [0.15, 0.2) is 59.8 Å². The first-order valence-electron chi connectivity index (χ1n) is 10.0. The lowest BCUT2D eigenvalue weighted by molar-refractivity contribution is -0.137. The average Bonchev–Trinajstić information content (AvgIpc) is 3.09. The fourth-order valence-electron chi connectivity index (χ4n) is 4.04. The first-order valence-corrected chi connectivity index (χ1v) is 10.0. The van der Waals surface area contributed by atoms with Crippen LogP contribution >= 0.6 is 0 Å². The van der Waals surface area contributed by atoms with Crippen molar-refractivity contribution >= 4 is 17.6 Å². The predicted molar refractivity (Wildman–Crippen MR) is 110 cm³/mol. The van der Waals surface area contributed by atoms with Gasteiger partial charge in [0.1, 0.15) is 0 Å². The SMILES string of the molecule is CCCN1CC2=C(C1=O)[C@@H](c1ccc(C#N)cc1)NC(=O)N2c1cccc(C(F)(F)F)c1. The van der Waals surface area contributed by atoms with Gasteiger partial charge in [-0.3, -0.25) is 9.69 Å². The van der Waals surface area contributed by atoms with E-state index in [4.69, 9.17) is 5.26 Å². The zero-order valence-corrected chi connectivity index (χ0v) is 17.1. The van der Waals surface area contributed by atoms with Gasteiger partial charge in [-0.15, -0.1) is 0 Å². The Bertz CT molecular complexity index is 1150. The highest BCUT2D eigenvalue weighted by molar-refractivity contribution is 6.07. The number of halogens is 3. The minimum absolute atomic E-state index is 0.0363. The van der Waals surface area contributed by atoms with Crippen LogP contribution < -0.4 is 10.2 Å². The predicted octanol–water partition coefficient (Wildman–Crippen LogP) is 4.35. The molecule has 1 N–H and O–H groups in total. The number of nitriles is 1. The number of urea groups is 1. The molecular formula is C23H19F3N4O2. The van der Waals surface area contributed by atoms with Gasteiger partial charge in [0.2, 0.25) is 0 Å². The summed E-state index contributed by atoms with van der Waals surface area (Å²) >= 11 is 0. The molecule has 2 heterocycles. The maximum atomic E-state index is 13.3. The Labute approximate surface area is 182 Å². The van der Waals surface area contributed by atoms with E-state index in [2.05, 4.69) is 5.32 Å². The standard InChI is InChI=1S/C23H19F3N4O2/c1-2-10-29-13-18-19(21(29)31)20(15-8-6-14(12-27)7-9-15)28-22(32)30(18)17-5-3-4-16(11-17)23(24,25)26/h3-9,11,20H,2,10,13H2,1H3,(H,28,32)/t20-/m1/s1. The topological polar surface area (TPSA) is 76.4 Å². The van der Waals surface area contributed by atoms with Crippen LogP contribution in [0.2, 0.25) is 0 Å². The van der Waals surface area contributed by atoms with Crippen LogP contribution in [0.5, 0.6) is 0 Å². The number of benzene rings is 2. The summed E-state index contributed by atoms with van der Waals surface area (Å²) in [6, 6.07) is 11.6. The number of nitrogens with one attached hydrogen (secondary N) is 1. The second-order valence-electron chi connectivity index (χ2n) is 7.59. The lowest BCUT2D eigenvalue weighted by Crippen LogP contribution is -2.47. The Balaban J connectivity index is 1.82. The highest BCUT2D eigenvalue weighted by atomic mass is 19.4. The van der Waals surface area contributed by atoms with Gasteiger partial charge < -0.3 is 10.2 Å². The summed E-state index contributed by atoms with van der Waals surface area (Å²) in [5.74, 6) is -0.270. The number of amides is 3. The van der Waals surface area contributed by atoms with E-state index in [1.54, 1.807) is 29.2 Å². The minimum atomic E-state index is -4.57. The molecule has 164 valence electrons. The molecule has 2 aromatic rings. The molecule has 0 spiro atoms. The van der Waals surface area contributed by atoms with Crippen LogP contribution in [-0.4, -0.2) is 29.9 Å². The van der Waals surface area contributed by atoms with Gasteiger partial charge in [0.05, 0.1) is 46.7 Å². The lowest BCUT2D eigenvalue weighted by atomic mass is 9.94. The van der Waals surface area contributed by atoms with E-state index in [0.29, 0.717) is 35.4 Å². The molecule has 0 saturated carbocycles. The van der Waals surface area contributed by atoms with Crippen LogP contribution in [-0.2, 0) is 11.0 Å². The zero-order valence-electron chi connectivity index (χ0n) is 17.1. The van der Waals surface area contributed by atoms with E-state index in [1.165, 1.54) is 12.1 Å². The summed E-state index contributed by atoms with van der Waals surface area (Å²) in [6.07, 6.45) is -3.87. The third-order valence-electron chi connectivity index (χ3n) is 5.50. The lowest BCUT2D eigenvalue weighted by Gasteiger charge is -2.33. The normalized spacial score (nSPS) is 18.5. The van der Waals surface area contributed by atoms with Crippen molar-refractivity contribution in [3.05, 3.63) is 76.5 Å². The van der Waals surface area contributed by atoms with E-state index >= 15 is 0 Å². The second-order valence-corrected chi connectivity index (χ2v) is 7.59. The number of nitrogens with zero attached hydrogens (tertiary/aromatic N) is 3. The Hall–Kier alpha value is -3.80. The number of hydrogen-bond donors (Lipinski definition) is 1. The van der Waals surface area contributed by atoms with Crippen LogP contribution in [0.4, 0.5) is 23.7 Å². The third-order valence-corrected chi connectivity index (χ3v) is 5.50. The number of hydrogen-bond acceptors (Lipinski definition) is 3. The van der Waals surface area contributed by atoms with E-state index in [1.807, 2.05) is 13.0 Å². The van der Waals surface area contributed by atoms with Crippen LogP contribution in [0.1, 0.15) is 36.1 Å². The molecule has 32 heavy (non-hydrogen) atoms. The highest BCUT2D eigenvalue weighted by Crippen LogP contribution is 2.40. The minimum Gasteiger partial charge on any atom is -0.333 e. The third kappa shape index (κ3) is 3.68. The van der Waals surface area contributed by atoms with Crippen molar-refractivity contribution < 1.29 is 22.8 Å². The van der Waals surface area contributed by atoms with Crippen molar-refractivity contribution in [3.8, 4) is 6.07 Å². The summed E-state index contributed by atoms with van der Waals surface area (Å²) in [6.45, 7) is 2.49. The second kappa shape index (κ2) is 8.04. The first-order chi connectivity index (χ1) is 15.2. The maximum Gasteiger partial charge on any atom is 0.416 e. The van der Waals surface area contributed by atoms with Gasteiger partial charge in [-0.2, -0.15) is 18.4 Å². The maximum absolute atomic E-state index is 13.3. The molecule has 0 fully saturated rings. The van der Waals surface area contributed by atoms with E-state index in [9.17, 15) is 22.8 Å². The molecule has 6 nitrogen and oxygen atoms in total. The Morgan fingerprint density at radius 1 is 1.16 bits per heavy atom. The van der Waals surface area contributed by atoms with Crippen molar-refractivity contribution in [1.29, 1.82) is 5.26 Å². The zero-order chi connectivity index (χ0) is 23.0.